The zero-order valence-corrected chi connectivity index (χ0v) is 9.02. The van der Waals surface area contributed by atoms with Gasteiger partial charge in [-0.15, -0.1) is 6.58 Å². The molecule has 0 aliphatic carbocycles. The fourth-order valence-corrected chi connectivity index (χ4v) is 7.23. The summed E-state index contributed by atoms with van der Waals surface area (Å²) in [6.07, 6.45) is 0. The van der Waals surface area contributed by atoms with Gasteiger partial charge in [-0.3, -0.25) is 0 Å². The molecule has 0 atom stereocenters. The topological polar surface area (TPSA) is 12.0 Å². The van der Waals surface area contributed by atoms with Gasteiger partial charge in [-0.05, 0) is 0 Å². The van der Waals surface area contributed by atoms with E-state index in [1.807, 2.05) is 0 Å². The van der Waals surface area contributed by atoms with Crippen LogP contribution >= 0.6 is 0 Å². The van der Waals surface area contributed by atoms with Crippen LogP contribution in [0, 0.1) is 0 Å². The van der Waals surface area contributed by atoms with E-state index in [1.54, 1.807) is 0 Å². The van der Waals surface area contributed by atoms with Crippen molar-refractivity contribution in [3.05, 3.63) is 12.3 Å². The van der Waals surface area contributed by atoms with E-state index in [0.717, 1.165) is 0 Å². The third kappa shape index (κ3) is 4.63. The Morgan fingerprint density at radius 1 is 1.44 bits per heavy atom. The number of hydrogen-bond acceptors (Lipinski definition) is 1. The van der Waals surface area contributed by atoms with Crippen molar-refractivity contribution in [2.45, 2.75) is 26.2 Å². The van der Waals surface area contributed by atoms with E-state index in [-0.39, 0.29) is 0 Å². The highest BCUT2D eigenvalue weighted by atomic mass is 28.4. The van der Waals surface area contributed by atoms with Gasteiger partial charge in [0.1, 0.15) is 8.24 Å². The van der Waals surface area contributed by atoms with Crippen molar-refractivity contribution < 1.29 is 0 Å². The van der Waals surface area contributed by atoms with Crippen LogP contribution in [0.5, 0.6) is 0 Å². The van der Waals surface area contributed by atoms with Crippen molar-refractivity contribution in [1.82, 2.24) is 4.65 Å². The van der Waals surface area contributed by atoms with Gasteiger partial charge in [0.2, 0.25) is 0 Å². The molecule has 0 rings (SSSR count). The molecule has 1 N–H and O–H groups in total. The van der Waals surface area contributed by atoms with Gasteiger partial charge in [0.15, 0.2) is 0 Å². The van der Waals surface area contributed by atoms with Crippen LogP contribution < -0.4 is 4.65 Å². The second kappa shape index (κ2) is 3.34. The van der Waals surface area contributed by atoms with Gasteiger partial charge in [0.05, 0.1) is 8.96 Å². The van der Waals surface area contributed by atoms with Gasteiger partial charge in [-0.25, -0.2) is 0 Å². The highest BCUT2D eigenvalue weighted by Gasteiger charge is 2.15. The highest BCUT2D eigenvalue weighted by molar-refractivity contribution is 6.87. The van der Waals surface area contributed by atoms with Crippen molar-refractivity contribution in [1.29, 1.82) is 0 Å². The van der Waals surface area contributed by atoms with Crippen molar-refractivity contribution in [3.8, 4) is 0 Å². The van der Waals surface area contributed by atoms with Crippen LogP contribution in [0.15, 0.2) is 12.3 Å². The molecule has 0 amide bonds. The summed E-state index contributed by atoms with van der Waals surface area (Å²) in [5, 5.41) is 0. The summed E-state index contributed by atoms with van der Waals surface area (Å²) in [7, 11) is -1.74. The van der Waals surface area contributed by atoms with Crippen molar-refractivity contribution in [3.63, 3.8) is 0 Å². The molecule has 0 heterocycles. The Hall–Kier alpha value is 0.134. The largest absolute Gasteiger partial charge is 0.359 e. The summed E-state index contributed by atoms with van der Waals surface area (Å²) in [6, 6.07) is 0. The Morgan fingerprint density at radius 2 is 1.89 bits per heavy atom. The summed E-state index contributed by atoms with van der Waals surface area (Å²) in [4.78, 5) is 0. The number of hydrogen-bond donors (Lipinski definition) is 1. The lowest BCUT2D eigenvalue weighted by molar-refractivity contribution is 1.39. The molecule has 0 aliphatic rings. The van der Waals surface area contributed by atoms with Crippen molar-refractivity contribution in [2.24, 2.45) is 0 Å². The van der Waals surface area contributed by atoms with Crippen LogP contribution in [0.1, 0.15) is 0 Å². The monoisotopic (exact) mass is 159 g/mol. The van der Waals surface area contributed by atoms with Crippen molar-refractivity contribution in [2.75, 3.05) is 0 Å². The number of nitrogens with one attached hydrogen (secondary N) is 1. The minimum absolute atomic E-state index is 0.573. The molecular weight excluding hydrogens is 142 g/mol. The van der Waals surface area contributed by atoms with E-state index in [1.165, 1.54) is 0 Å². The Balaban J connectivity index is 3.71. The summed E-state index contributed by atoms with van der Waals surface area (Å²) in [5.74, 6) is 0. The molecule has 0 aromatic rings. The molecule has 0 fully saturated rings. The minimum atomic E-state index is -1.16. The van der Waals surface area contributed by atoms with E-state index in [2.05, 4.69) is 43.1 Å². The van der Waals surface area contributed by atoms with E-state index in [9.17, 15) is 0 Å². The van der Waals surface area contributed by atoms with Crippen LogP contribution in [-0.4, -0.2) is 17.2 Å². The van der Waals surface area contributed by atoms with Crippen molar-refractivity contribution >= 4 is 17.2 Å². The predicted molar refractivity (Wildman–Crippen MR) is 49.7 cm³/mol. The maximum absolute atomic E-state index is 3.81. The first-order valence-electron chi connectivity index (χ1n) is 3.39. The Kier molecular flexibility index (Phi) is 3.39. The van der Waals surface area contributed by atoms with Crippen LogP contribution in [0.2, 0.25) is 26.2 Å². The van der Waals surface area contributed by atoms with E-state index < -0.39 is 17.2 Å². The molecule has 0 saturated carbocycles. The minimum Gasteiger partial charge on any atom is -0.359 e. The molecule has 0 radical (unpaired) electrons. The zero-order valence-electron chi connectivity index (χ0n) is 6.86. The standard InChI is InChI=1S/C6H17NSi2/c1-6-9(4,5)7-8(2)3/h6-8H,1H2,2-5H3. The van der Waals surface area contributed by atoms with Crippen LogP contribution in [0.4, 0.5) is 0 Å². The van der Waals surface area contributed by atoms with Gasteiger partial charge in [0.25, 0.3) is 0 Å². The molecule has 9 heavy (non-hydrogen) atoms. The van der Waals surface area contributed by atoms with Gasteiger partial charge in [0, 0.05) is 0 Å². The normalized spacial score (nSPS) is 12.1. The summed E-state index contributed by atoms with van der Waals surface area (Å²) < 4.78 is 3.63. The molecule has 0 aliphatic heterocycles. The summed E-state index contributed by atoms with van der Waals surface area (Å²) >= 11 is 0. The molecule has 54 valence electrons. The second-order valence-electron chi connectivity index (χ2n) is 3.22. The SMILES string of the molecule is C=C[Si](C)(C)N[SiH](C)C. The fourth-order valence-electron chi connectivity index (χ4n) is 0.803. The van der Waals surface area contributed by atoms with Gasteiger partial charge in [-0.1, -0.05) is 31.9 Å². The fraction of sp³-hybridized carbons (Fsp3) is 0.667. The van der Waals surface area contributed by atoms with Gasteiger partial charge in [-0.2, -0.15) is 0 Å². The third-order valence-corrected chi connectivity index (χ3v) is 7.48. The first-order chi connectivity index (χ1) is 3.98. The van der Waals surface area contributed by atoms with E-state index in [4.69, 9.17) is 0 Å². The van der Waals surface area contributed by atoms with Crippen LogP contribution in [-0.2, 0) is 0 Å². The molecule has 0 bridgehead atoms. The van der Waals surface area contributed by atoms with E-state index in [0.29, 0.717) is 0 Å². The van der Waals surface area contributed by atoms with Crippen LogP contribution in [0.3, 0.4) is 0 Å². The van der Waals surface area contributed by atoms with Gasteiger partial charge >= 0.3 is 0 Å². The first kappa shape index (κ1) is 9.13. The second-order valence-corrected chi connectivity index (χ2v) is 10.5. The lowest BCUT2D eigenvalue weighted by atomic mass is 11.3. The highest BCUT2D eigenvalue weighted by Crippen LogP contribution is 1.97. The third-order valence-electron chi connectivity index (χ3n) is 1.17. The first-order valence-corrected chi connectivity index (χ1v) is 9.35. The average Bonchev–Trinajstić information content (AvgIpc) is 1.63. The molecule has 1 nitrogen and oxygen atoms in total. The number of rotatable bonds is 3. The molecule has 0 aromatic heterocycles. The predicted octanol–water partition coefficient (Wildman–Crippen LogP) is 1.49. The smallest absolute Gasteiger partial charge is 0.136 e. The Labute approximate surface area is 60.9 Å². The summed E-state index contributed by atoms with van der Waals surface area (Å²) in [5.41, 5.74) is 2.10. The average molecular weight is 159 g/mol. The van der Waals surface area contributed by atoms with Crippen LogP contribution in [0.25, 0.3) is 0 Å². The summed E-state index contributed by atoms with van der Waals surface area (Å²) in [6.45, 7) is 13.0. The molecule has 3 heteroatoms. The zero-order chi connectivity index (χ0) is 7.49. The van der Waals surface area contributed by atoms with Gasteiger partial charge < -0.3 is 4.65 Å². The molecule has 0 spiro atoms. The molecular formula is C6H17NSi2. The molecule has 0 aromatic carbocycles. The Morgan fingerprint density at radius 3 is 2.00 bits per heavy atom. The Bertz CT molecular complexity index is 99.2. The lowest BCUT2D eigenvalue weighted by Crippen LogP contribution is -2.49. The maximum Gasteiger partial charge on any atom is 0.136 e. The lowest BCUT2D eigenvalue weighted by Gasteiger charge is -2.21. The molecule has 0 unspecified atom stereocenters. The maximum atomic E-state index is 3.81. The quantitative estimate of drug-likeness (QED) is 0.615. The van der Waals surface area contributed by atoms with E-state index >= 15 is 0 Å². The molecule has 0 saturated heterocycles.